The average Bonchev–Trinajstić information content (AvgIpc) is 2.35. The molecular formula is C14H9Cl2FO. The molecular weight excluding hydrogens is 274 g/mol. The van der Waals surface area contributed by atoms with Crippen LogP contribution in [0.15, 0.2) is 36.4 Å². The molecule has 0 spiro atoms. The first-order valence-corrected chi connectivity index (χ1v) is 6.00. The highest BCUT2D eigenvalue weighted by atomic mass is 35.5. The monoisotopic (exact) mass is 282 g/mol. The first kappa shape index (κ1) is 13.1. The third-order valence-electron chi connectivity index (χ3n) is 2.55. The van der Waals surface area contributed by atoms with Crippen LogP contribution in [0.4, 0.5) is 4.39 Å². The second-order valence-corrected chi connectivity index (χ2v) is 4.76. The summed E-state index contributed by atoms with van der Waals surface area (Å²) in [4.78, 5) is 12.1. The Morgan fingerprint density at radius 3 is 2.44 bits per heavy atom. The van der Waals surface area contributed by atoms with Crippen LogP contribution in [0.5, 0.6) is 0 Å². The van der Waals surface area contributed by atoms with Crippen molar-refractivity contribution in [1.82, 2.24) is 0 Å². The Bertz CT molecular complexity index is 623. The minimum absolute atomic E-state index is 0.0355. The quantitative estimate of drug-likeness (QED) is 0.732. The summed E-state index contributed by atoms with van der Waals surface area (Å²) in [6, 6.07) is 8.89. The van der Waals surface area contributed by atoms with Crippen molar-refractivity contribution in [3.8, 4) is 0 Å². The van der Waals surface area contributed by atoms with Gasteiger partial charge in [0.25, 0.3) is 0 Å². The number of aryl methyl sites for hydroxylation is 1. The molecule has 0 saturated heterocycles. The first-order valence-electron chi connectivity index (χ1n) is 5.25. The van der Waals surface area contributed by atoms with Crippen molar-refractivity contribution < 1.29 is 9.18 Å². The maximum atomic E-state index is 13.6. The van der Waals surface area contributed by atoms with Gasteiger partial charge in [-0.05, 0) is 37.3 Å². The molecule has 92 valence electrons. The lowest BCUT2D eigenvalue weighted by Gasteiger charge is -2.05. The Hall–Kier alpha value is -1.38. The normalized spacial score (nSPS) is 10.4. The van der Waals surface area contributed by atoms with Gasteiger partial charge in [-0.15, -0.1) is 0 Å². The van der Waals surface area contributed by atoms with Gasteiger partial charge in [0.15, 0.2) is 5.78 Å². The second-order valence-electron chi connectivity index (χ2n) is 3.94. The van der Waals surface area contributed by atoms with E-state index in [0.717, 1.165) is 5.56 Å². The zero-order valence-corrected chi connectivity index (χ0v) is 11.0. The van der Waals surface area contributed by atoms with E-state index in [2.05, 4.69) is 0 Å². The fourth-order valence-electron chi connectivity index (χ4n) is 1.61. The zero-order chi connectivity index (χ0) is 13.3. The Morgan fingerprint density at radius 2 is 1.78 bits per heavy atom. The summed E-state index contributed by atoms with van der Waals surface area (Å²) in [5.41, 5.74) is 1.17. The smallest absolute Gasteiger partial charge is 0.196 e. The van der Waals surface area contributed by atoms with Gasteiger partial charge in [-0.25, -0.2) is 4.39 Å². The summed E-state index contributed by atoms with van der Waals surface area (Å²) >= 11 is 11.6. The van der Waals surface area contributed by atoms with Gasteiger partial charge < -0.3 is 0 Å². The van der Waals surface area contributed by atoms with Crippen LogP contribution in [-0.2, 0) is 0 Å². The van der Waals surface area contributed by atoms with Crippen molar-refractivity contribution in [2.75, 3.05) is 0 Å². The molecule has 1 nitrogen and oxygen atoms in total. The van der Waals surface area contributed by atoms with Crippen LogP contribution in [0.25, 0.3) is 0 Å². The molecule has 2 rings (SSSR count). The maximum absolute atomic E-state index is 13.6. The molecule has 0 unspecified atom stereocenters. The van der Waals surface area contributed by atoms with E-state index in [-0.39, 0.29) is 10.6 Å². The highest BCUT2D eigenvalue weighted by Gasteiger charge is 2.15. The van der Waals surface area contributed by atoms with Gasteiger partial charge in [-0.3, -0.25) is 4.79 Å². The van der Waals surface area contributed by atoms with Gasteiger partial charge in [0.05, 0.1) is 15.6 Å². The van der Waals surface area contributed by atoms with Crippen molar-refractivity contribution in [3.05, 3.63) is 69.0 Å². The van der Waals surface area contributed by atoms with Crippen molar-refractivity contribution >= 4 is 29.0 Å². The third kappa shape index (κ3) is 2.55. The summed E-state index contributed by atoms with van der Waals surface area (Å²) in [5.74, 6) is -0.952. The summed E-state index contributed by atoms with van der Waals surface area (Å²) in [7, 11) is 0. The van der Waals surface area contributed by atoms with E-state index >= 15 is 0 Å². The predicted molar refractivity (Wildman–Crippen MR) is 71.0 cm³/mol. The highest BCUT2D eigenvalue weighted by Crippen LogP contribution is 2.24. The number of hydrogen-bond donors (Lipinski definition) is 0. The summed E-state index contributed by atoms with van der Waals surface area (Å²) in [5, 5.41) is 0.633. The third-order valence-corrected chi connectivity index (χ3v) is 3.29. The Morgan fingerprint density at radius 1 is 1.06 bits per heavy atom. The topological polar surface area (TPSA) is 17.1 Å². The number of carbonyl (C=O) groups excluding carboxylic acids is 1. The Kier molecular flexibility index (Phi) is 3.69. The highest BCUT2D eigenvalue weighted by molar-refractivity contribution is 6.42. The van der Waals surface area contributed by atoms with E-state index in [0.29, 0.717) is 10.6 Å². The molecule has 18 heavy (non-hydrogen) atoms. The number of benzene rings is 2. The van der Waals surface area contributed by atoms with E-state index in [1.807, 2.05) is 0 Å². The number of rotatable bonds is 2. The van der Waals surface area contributed by atoms with Gasteiger partial charge in [-0.2, -0.15) is 0 Å². The lowest BCUT2D eigenvalue weighted by Crippen LogP contribution is -2.04. The fraction of sp³-hybridized carbons (Fsp3) is 0.0714. The van der Waals surface area contributed by atoms with Crippen LogP contribution in [0.1, 0.15) is 21.5 Å². The van der Waals surface area contributed by atoms with E-state index in [1.165, 1.54) is 30.3 Å². The fourth-order valence-corrected chi connectivity index (χ4v) is 1.90. The molecule has 0 radical (unpaired) electrons. The average molecular weight is 283 g/mol. The van der Waals surface area contributed by atoms with Crippen LogP contribution in [0, 0.1) is 12.7 Å². The minimum Gasteiger partial charge on any atom is -0.288 e. The molecule has 0 aliphatic rings. The van der Waals surface area contributed by atoms with Crippen molar-refractivity contribution in [3.63, 3.8) is 0 Å². The van der Waals surface area contributed by atoms with Gasteiger partial charge >= 0.3 is 0 Å². The van der Waals surface area contributed by atoms with E-state index in [4.69, 9.17) is 23.2 Å². The molecule has 0 saturated carbocycles. The molecule has 2 aromatic rings. The summed E-state index contributed by atoms with van der Waals surface area (Å²) in [6.45, 7) is 1.80. The van der Waals surface area contributed by atoms with E-state index in [9.17, 15) is 9.18 Å². The number of hydrogen-bond acceptors (Lipinski definition) is 1. The van der Waals surface area contributed by atoms with Crippen molar-refractivity contribution in [2.24, 2.45) is 0 Å². The lowest BCUT2D eigenvalue weighted by molar-refractivity contribution is 0.103. The molecule has 0 amide bonds. The number of carbonyl (C=O) groups is 1. The number of halogens is 3. The Balaban J connectivity index is 2.47. The van der Waals surface area contributed by atoms with Gasteiger partial charge in [0, 0.05) is 5.56 Å². The molecule has 0 bridgehead atoms. The molecule has 0 atom stereocenters. The van der Waals surface area contributed by atoms with Gasteiger partial charge in [0.2, 0.25) is 0 Å². The molecule has 0 aliphatic heterocycles. The lowest BCUT2D eigenvalue weighted by atomic mass is 10.0. The Labute approximate surface area is 114 Å². The van der Waals surface area contributed by atoms with Crippen LogP contribution < -0.4 is 0 Å². The summed E-state index contributed by atoms with van der Waals surface area (Å²) < 4.78 is 13.6. The second kappa shape index (κ2) is 5.09. The largest absolute Gasteiger partial charge is 0.288 e. The predicted octanol–water partition coefficient (Wildman–Crippen LogP) is 4.67. The van der Waals surface area contributed by atoms with Crippen LogP contribution in [0.3, 0.4) is 0 Å². The van der Waals surface area contributed by atoms with Crippen LogP contribution in [0.2, 0.25) is 10.0 Å². The van der Waals surface area contributed by atoms with Gasteiger partial charge in [-0.1, -0.05) is 34.8 Å². The first-order chi connectivity index (χ1) is 8.49. The van der Waals surface area contributed by atoms with Crippen molar-refractivity contribution in [1.29, 1.82) is 0 Å². The molecule has 0 aliphatic carbocycles. The minimum atomic E-state index is -0.545. The summed E-state index contributed by atoms with van der Waals surface area (Å²) in [6.07, 6.45) is 0. The SMILES string of the molecule is Cc1ccc(F)c(C(=O)c2ccc(Cl)c(Cl)c2)c1. The molecule has 0 N–H and O–H groups in total. The van der Waals surface area contributed by atoms with Crippen molar-refractivity contribution in [2.45, 2.75) is 6.92 Å². The van der Waals surface area contributed by atoms with E-state index < -0.39 is 11.6 Å². The van der Waals surface area contributed by atoms with Crippen LogP contribution >= 0.6 is 23.2 Å². The standard InChI is InChI=1S/C14H9Cl2FO/c1-8-2-5-13(17)10(6-8)14(18)9-3-4-11(15)12(16)7-9/h2-7H,1H3. The zero-order valence-electron chi connectivity index (χ0n) is 9.51. The number of ketones is 1. The van der Waals surface area contributed by atoms with E-state index in [1.54, 1.807) is 13.0 Å². The molecule has 0 fully saturated rings. The molecule has 2 aromatic carbocycles. The van der Waals surface area contributed by atoms with Crippen LogP contribution in [-0.4, -0.2) is 5.78 Å². The maximum Gasteiger partial charge on any atom is 0.196 e. The van der Waals surface area contributed by atoms with Gasteiger partial charge in [0.1, 0.15) is 5.82 Å². The molecule has 0 heterocycles. The molecule has 4 heteroatoms. The molecule has 0 aromatic heterocycles.